The molecule has 240 valence electrons. The molecule has 3 aliphatic rings. The number of benzene rings is 3. The smallest absolute Gasteiger partial charge is 0.251 e. The van der Waals surface area contributed by atoms with Crippen molar-refractivity contribution in [1.29, 1.82) is 0 Å². The molecule has 2 aliphatic heterocycles. The highest BCUT2D eigenvalue weighted by molar-refractivity contribution is 6.14. The van der Waals surface area contributed by atoms with Crippen LogP contribution < -0.4 is 10.1 Å². The molecule has 0 bridgehead atoms. The van der Waals surface area contributed by atoms with Gasteiger partial charge in [0.2, 0.25) is 0 Å². The number of rotatable bonds is 8. The first-order chi connectivity index (χ1) is 22.2. The molecule has 1 amide bonds. The number of nitrogens with zero attached hydrogens (tertiary/aromatic N) is 2. The standard InChI is InChI=1S/C36H35F4N3O3/c37-31-9-3-23(18-33(31)39)16-26-20-28(21-27(35(26)44)17-24-4-10-32(38)34(40)19-24)41-36(45)25-5-7-30(8-6-25)46-15-14-42-12-13-43-11-1-2-29(43)22-42/h3-10,16-19,28-29H,1-2,11-15,20-22H2,(H,41,45)/b26-16+,27-17+. The zero-order chi connectivity index (χ0) is 32.2. The molecule has 1 aliphatic carbocycles. The molecule has 3 aromatic carbocycles. The number of piperazine rings is 1. The minimum Gasteiger partial charge on any atom is -0.492 e. The van der Waals surface area contributed by atoms with E-state index >= 15 is 0 Å². The molecule has 0 aromatic heterocycles. The fourth-order valence-corrected chi connectivity index (χ4v) is 6.47. The zero-order valence-electron chi connectivity index (χ0n) is 25.3. The Morgan fingerprint density at radius 1 is 0.826 bits per heavy atom. The highest BCUT2D eigenvalue weighted by Gasteiger charge is 2.31. The molecule has 0 radical (unpaired) electrons. The van der Waals surface area contributed by atoms with Crippen LogP contribution in [-0.4, -0.2) is 72.9 Å². The number of nitrogens with one attached hydrogen (secondary N) is 1. The Labute approximate surface area is 265 Å². The van der Waals surface area contributed by atoms with Crippen LogP contribution in [0.3, 0.4) is 0 Å². The van der Waals surface area contributed by atoms with Gasteiger partial charge in [0.25, 0.3) is 5.91 Å². The van der Waals surface area contributed by atoms with E-state index in [0.29, 0.717) is 24.0 Å². The van der Waals surface area contributed by atoms with Crippen molar-refractivity contribution in [2.75, 3.05) is 39.3 Å². The maximum Gasteiger partial charge on any atom is 0.251 e. The molecule has 1 atom stereocenters. The van der Waals surface area contributed by atoms with Crippen LogP contribution in [0.15, 0.2) is 71.8 Å². The number of ether oxygens (including phenoxy) is 1. The average molecular weight is 634 g/mol. The lowest BCUT2D eigenvalue weighted by molar-refractivity contribution is -0.113. The topological polar surface area (TPSA) is 61.9 Å². The predicted molar refractivity (Wildman–Crippen MR) is 167 cm³/mol. The summed E-state index contributed by atoms with van der Waals surface area (Å²) in [6, 6.07) is 13.6. The summed E-state index contributed by atoms with van der Waals surface area (Å²) in [7, 11) is 0. The van der Waals surface area contributed by atoms with Crippen molar-refractivity contribution in [1.82, 2.24) is 15.1 Å². The van der Waals surface area contributed by atoms with Gasteiger partial charge in [-0.1, -0.05) is 12.1 Å². The minimum absolute atomic E-state index is 0.134. The Balaban J connectivity index is 1.12. The number of halogens is 4. The van der Waals surface area contributed by atoms with E-state index in [0.717, 1.165) is 50.4 Å². The van der Waals surface area contributed by atoms with E-state index in [4.69, 9.17) is 4.74 Å². The van der Waals surface area contributed by atoms with Gasteiger partial charge in [-0.2, -0.15) is 0 Å². The summed E-state index contributed by atoms with van der Waals surface area (Å²) in [5.74, 6) is -4.22. The van der Waals surface area contributed by atoms with Crippen molar-refractivity contribution in [3.63, 3.8) is 0 Å². The summed E-state index contributed by atoms with van der Waals surface area (Å²) in [5, 5.41) is 2.96. The third-order valence-corrected chi connectivity index (χ3v) is 8.88. The Morgan fingerprint density at radius 3 is 2.07 bits per heavy atom. The van der Waals surface area contributed by atoms with Gasteiger partial charge in [0.1, 0.15) is 12.4 Å². The minimum atomic E-state index is -1.06. The third kappa shape index (κ3) is 7.57. The summed E-state index contributed by atoms with van der Waals surface area (Å²) >= 11 is 0. The molecule has 2 heterocycles. The predicted octanol–water partition coefficient (Wildman–Crippen LogP) is 6.03. The number of Topliss-reactive ketones (excluding diaryl/α,β-unsaturated/α-hetero) is 1. The van der Waals surface area contributed by atoms with E-state index in [1.165, 1.54) is 43.7 Å². The van der Waals surface area contributed by atoms with Gasteiger partial charge in [0, 0.05) is 55.0 Å². The quantitative estimate of drug-likeness (QED) is 0.243. The van der Waals surface area contributed by atoms with Crippen molar-refractivity contribution in [2.45, 2.75) is 37.8 Å². The molecule has 46 heavy (non-hydrogen) atoms. The molecule has 2 saturated heterocycles. The van der Waals surface area contributed by atoms with Crippen molar-refractivity contribution in [3.8, 4) is 5.75 Å². The van der Waals surface area contributed by atoms with Gasteiger partial charge in [-0.3, -0.25) is 19.4 Å². The zero-order valence-corrected chi connectivity index (χ0v) is 25.3. The van der Waals surface area contributed by atoms with Gasteiger partial charge in [-0.05, 0) is 104 Å². The second kappa shape index (κ2) is 14.0. The van der Waals surface area contributed by atoms with E-state index in [1.807, 2.05) is 0 Å². The molecule has 1 N–H and O–H groups in total. The lowest BCUT2D eigenvalue weighted by Gasteiger charge is -2.37. The van der Waals surface area contributed by atoms with Crippen molar-refractivity contribution in [3.05, 3.63) is 112 Å². The third-order valence-electron chi connectivity index (χ3n) is 8.88. The fourth-order valence-electron chi connectivity index (χ4n) is 6.47. The van der Waals surface area contributed by atoms with E-state index in [-0.39, 0.29) is 46.8 Å². The second-order valence-electron chi connectivity index (χ2n) is 12.1. The first-order valence-corrected chi connectivity index (χ1v) is 15.6. The Kier molecular flexibility index (Phi) is 9.65. The summed E-state index contributed by atoms with van der Waals surface area (Å²) < 4.78 is 60.7. The summed E-state index contributed by atoms with van der Waals surface area (Å²) in [4.78, 5) is 31.7. The molecule has 6 nitrogen and oxygen atoms in total. The lowest BCUT2D eigenvalue weighted by Crippen LogP contribution is -2.50. The van der Waals surface area contributed by atoms with E-state index in [1.54, 1.807) is 24.3 Å². The van der Waals surface area contributed by atoms with Gasteiger partial charge in [-0.25, -0.2) is 17.6 Å². The summed E-state index contributed by atoms with van der Waals surface area (Å²) in [6.45, 7) is 5.82. The molecule has 1 unspecified atom stereocenters. The molecule has 3 aromatic rings. The largest absolute Gasteiger partial charge is 0.492 e. The normalized spacial score (nSPS) is 22.3. The Bertz CT molecular complexity index is 1600. The van der Waals surface area contributed by atoms with Gasteiger partial charge < -0.3 is 10.1 Å². The molecule has 3 fully saturated rings. The SMILES string of the molecule is O=C1/C(=C/c2ccc(F)c(F)c2)CC(NC(=O)c2ccc(OCCN3CCN4CCCC4C3)cc2)C/C1=C\c1ccc(F)c(F)c1. The first kappa shape index (κ1) is 31.7. The van der Waals surface area contributed by atoms with Crippen molar-refractivity contribution < 1.29 is 31.9 Å². The molecule has 6 rings (SSSR count). The van der Waals surface area contributed by atoms with Gasteiger partial charge in [0.15, 0.2) is 29.1 Å². The summed E-state index contributed by atoms with van der Waals surface area (Å²) in [6.07, 6.45) is 5.70. The van der Waals surface area contributed by atoms with E-state index in [9.17, 15) is 27.2 Å². The van der Waals surface area contributed by atoms with Gasteiger partial charge in [0.05, 0.1) is 0 Å². The maximum atomic E-state index is 13.9. The molecule has 0 spiro atoms. The van der Waals surface area contributed by atoms with Crippen LogP contribution in [0.2, 0.25) is 0 Å². The Hall–Kier alpha value is -4.28. The van der Waals surface area contributed by atoms with E-state index in [2.05, 4.69) is 15.1 Å². The van der Waals surface area contributed by atoms with Crippen LogP contribution in [-0.2, 0) is 4.79 Å². The van der Waals surface area contributed by atoms with Crippen molar-refractivity contribution >= 4 is 23.8 Å². The first-order valence-electron chi connectivity index (χ1n) is 15.6. The lowest BCUT2D eigenvalue weighted by atomic mass is 9.83. The number of amides is 1. The van der Waals surface area contributed by atoms with Gasteiger partial charge in [-0.15, -0.1) is 0 Å². The molecule has 10 heteroatoms. The van der Waals surface area contributed by atoms with Crippen molar-refractivity contribution in [2.24, 2.45) is 0 Å². The van der Waals surface area contributed by atoms with Crippen LogP contribution >= 0.6 is 0 Å². The molecular formula is C36H35F4N3O3. The van der Waals surface area contributed by atoms with Crippen LogP contribution in [0, 0.1) is 23.3 Å². The average Bonchev–Trinajstić information content (AvgIpc) is 3.51. The van der Waals surface area contributed by atoms with Crippen LogP contribution in [0.5, 0.6) is 5.75 Å². The molecular weight excluding hydrogens is 598 g/mol. The number of fused-ring (bicyclic) bond motifs is 1. The fraction of sp³-hybridized carbons (Fsp3) is 0.333. The number of hydrogen-bond donors (Lipinski definition) is 1. The highest BCUT2D eigenvalue weighted by Crippen LogP contribution is 2.30. The maximum absolute atomic E-state index is 13.9. The van der Waals surface area contributed by atoms with Crippen LogP contribution in [0.1, 0.15) is 47.2 Å². The monoisotopic (exact) mass is 633 g/mol. The van der Waals surface area contributed by atoms with Crippen LogP contribution in [0.25, 0.3) is 12.2 Å². The number of ketones is 1. The van der Waals surface area contributed by atoms with Crippen LogP contribution in [0.4, 0.5) is 17.6 Å². The number of hydrogen-bond acceptors (Lipinski definition) is 5. The number of carbonyl (C=O) groups is 2. The summed E-state index contributed by atoms with van der Waals surface area (Å²) in [5.41, 5.74) is 1.47. The Morgan fingerprint density at radius 2 is 1.46 bits per heavy atom. The second-order valence-corrected chi connectivity index (χ2v) is 12.1. The highest BCUT2D eigenvalue weighted by atomic mass is 19.2. The molecule has 1 saturated carbocycles. The number of carbonyl (C=O) groups excluding carboxylic acids is 2. The van der Waals surface area contributed by atoms with E-state index < -0.39 is 29.3 Å². The van der Waals surface area contributed by atoms with Gasteiger partial charge >= 0.3 is 0 Å².